The van der Waals surface area contributed by atoms with Crippen molar-refractivity contribution in [3.8, 4) is 0 Å². The maximum atomic E-state index is 13.9. The number of nitrogens with zero attached hydrogens (tertiary/aromatic N) is 5. The second kappa shape index (κ2) is 10.8. The van der Waals surface area contributed by atoms with Crippen molar-refractivity contribution >= 4 is 11.6 Å². The van der Waals surface area contributed by atoms with Crippen LogP contribution in [-0.2, 0) is 6.54 Å². The normalized spacial score (nSPS) is 15.6. The Morgan fingerprint density at radius 3 is 2.72 bits per heavy atom. The minimum atomic E-state index is -0.185. The molecule has 29 heavy (non-hydrogen) atoms. The Balaban J connectivity index is 1.45. The molecule has 1 aliphatic rings. The van der Waals surface area contributed by atoms with Crippen LogP contribution < -0.4 is 10.2 Å². The van der Waals surface area contributed by atoms with Crippen LogP contribution in [0.4, 0.5) is 10.1 Å². The van der Waals surface area contributed by atoms with Crippen molar-refractivity contribution in [3.63, 3.8) is 0 Å². The Kier molecular flexibility index (Phi) is 7.86. The molecular weight excluding hydrogens is 371 g/mol. The minimum Gasteiger partial charge on any atom is -0.372 e. The van der Waals surface area contributed by atoms with E-state index in [2.05, 4.69) is 27.2 Å². The number of rotatable bonds is 8. The first-order valence-corrected chi connectivity index (χ1v) is 10.3. The van der Waals surface area contributed by atoms with E-state index in [0.29, 0.717) is 12.2 Å². The van der Waals surface area contributed by atoms with Crippen LogP contribution in [0.3, 0.4) is 0 Å². The molecule has 0 amide bonds. The Morgan fingerprint density at radius 1 is 1.24 bits per heavy atom. The molecule has 0 saturated carbocycles. The van der Waals surface area contributed by atoms with Crippen LogP contribution in [0, 0.1) is 5.82 Å². The van der Waals surface area contributed by atoms with Gasteiger partial charge in [-0.2, -0.15) is 0 Å². The molecule has 1 aliphatic heterocycles. The molecule has 1 aromatic heterocycles. The number of halogens is 1. The number of hydrogen-bond acceptors (Lipinski definition) is 5. The molecule has 0 radical (unpaired) electrons. The molecule has 1 aromatic carbocycles. The lowest BCUT2D eigenvalue weighted by Gasteiger charge is -2.36. The summed E-state index contributed by atoms with van der Waals surface area (Å²) in [6.45, 7) is 9.00. The summed E-state index contributed by atoms with van der Waals surface area (Å²) in [5, 5.41) is 7.39. The molecule has 7 nitrogen and oxygen atoms in total. The first-order valence-electron chi connectivity index (χ1n) is 10.3. The van der Waals surface area contributed by atoms with Gasteiger partial charge >= 0.3 is 0 Å². The highest BCUT2D eigenvalue weighted by atomic mass is 19.1. The summed E-state index contributed by atoms with van der Waals surface area (Å²) in [5.41, 5.74) is 1.60. The molecule has 1 fully saturated rings. The summed E-state index contributed by atoms with van der Waals surface area (Å²) < 4.78 is 18.8. The van der Waals surface area contributed by atoms with E-state index >= 15 is 0 Å². The number of hydrogen-bond donors (Lipinski definition) is 1. The maximum absolute atomic E-state index is 13.9. The molecule has 0 bridgehead atoms. The Hall–Kier alpha value is -2.61. The lowest BCUT2D eigenvalue weighted by molar-refractivity contribution is 0.169. The van der Waals surface area contributed by atoms with Gasteiger partial charge in [0.2, 0.25) is 0 Å². The van der Waals surface area contributed by atoms with Gasteiger partial charge in [0.05, 0.1) is 11.4 Å². The highest BCUT2D eigenvalue weighted by Crippen LogP contribution is 2.17. The Bertz CT molecular complexity index is 758. The molecule has 3 rings (SSSR count). The second-order valence-electron chi connectivity index (χ2n) is 7.22. The van der Waals surface area contributed by atoms with Gasteiger partial charge < -0.3 is 19.6 Å². The minimum absolute atomic E-state index is 0.185. The highest BCUT2D eigenvalue weighted by Gasteiger charge is 2.20. The third-order valence-corrected chi connectivity index (χ3v) is 5.06. The van der Waals surface area contributed by atoms with Crippen molar-refractivity contribution in [2.24, 2.45) is 4.99 Å². The predicted molar refractivity (Wildman–Crippen MR) is 114 cm³/mol. The van der Waals surface area contributed by atoms with E-state index < -0.39 is 0 Å². The lowest BCUT2D eigenvalue weighted by Crippen LogP contribution is -2.52. The largest absolute Gasteiger partial charge is 0.372 e. The Labute approximate surface area is 172 Å². The average Bonchev–Trinajstić information content (AvgIpc) is 3.24. The van der Waals surface area contributed by atoms with E-state index in [1.807, 2.05) is 24.1 Å². The van der Waals surface area contributed by atoms with E-state index in [0.717, 1.165) is 63.9 Å². The second-order valence-corrected chi connectivity index (χ2v) is 7.22. The molecule has 0 unspecified atom stereocenters. The van der Waals surface area contributed by atoms with Crippen molar-refractivity contribution in [2.45, 2.75) is 19.9 Å². The fourth-order valence-electron chi connectivity index (χ4n) is 3.47. The van der Waals surface area contributed by atoms with Gasteiger partial charge in [0.15, 0.2) is 5.96 Å². The van der Waals surface area contributed by atoms with Gasteiger partial charge in [-0.1, -0.05) is 17.3 Å². The summed E-state index contributed by atoms with van der Waals surface area (Å²) in [6.07, 6.45) is 2.48. The molecule has 0 spiro atoms. The van der Waals surface area contributed by atoms with Crippen LogP contribution in [0.2, 0.25) is 0 Å². The SMILES string of the molecule is CCNC(=NCCCN(C)c1ccccc1F)N1CCN(Cc2ccon2)CC1. The fraction of sp³-hybridized carbons (Fsp3) is 0.524. The zero-order chi connectivity index (χ0) is 20.5. The van der Waals surface area contributed by atoms with E-state index in [1.54, 1.807) is 18.4 Å². The molecule has 0 aliphatic carbocycles. The van der Waals surface area contributed by atoms with Crippen molar-refractivity contribution in [1.82, 2.24) is 20.3 Å². The molecular formula is C21H31FN6O. The molecule has 158 valence electrons. The van der Waals surface area contributed by atoms with Gasteiger partial charge in [0.1, 0.15) is 12.1 Å². The first kappa shape index (κ1) is 21.1. The molecule has 8 heteroatoms. The predicted octanol–water partition coefficient (Wildman–Crippen LogP) is 2.42. The molecule has 1 N–H and O–H groups in total. The number of piperazine rings is 1. The number of benzene rings is 1. The van der Waals surface area contributed by atoms with Gasteiger partial charge in [-0.25, -0.2) is 4.39 Å². The summed E-state index contributed by atoms with van der Waals surface area (Å²) in [4.78, 5) is 11.4. The summed E-state index contributed by atoms with van der Waals surface area (Å²) in [5.74, 6) is 0.775. The van der Waals surface area contributed by atoms with Gasteiger partial charge in [-0.05, 0) is 25.5 Å². The number of aliphatic imine (C=N–C) groups is 1. The van der Waals surface area contributed by atoms with Crippen molar-refractivity contribution < 1.29 is 8.91 Å². The summed E-state index contributed by atoms with van der Waals surface area (Å²) in [7, 11) is 1.92. The molecule has 2 heterocycles. The number of nitrogens with one attached hydrogen (secondary N) is 1. The number of para-hydroxylation sites is 1. The maximum Gasteiger partial charge on any atom is 0.194 e. The summed E-state index contributed by atoms with van der Waals surface area (Å²) in [6, 6.07) is 8.79. The van der Waals surface area contributed by atoms with E-state index in [1.165, 1.54) is 6.07 Å². The van der Waals surface area contributed by atoms with Crippen LogP contribution in [0.5, 0.6) is 0 Å². The average molecular weight is 403 g/mol. The molecule has 2 aromatic rings. The standard InChI is InChI=1S/C21H31FN6O/c1-3-23-21(24-10-6-11-26(2)20-8-5-4-7-19(20)22)28-14-12-27(13-15-28)17-18-9-16-29-25-18/h4-5,7-9,16H,3,6,10-15,17H2,1-2H3,(H,23,24). The van der Waals surface area contributed by atoms with E-state index in [4.69, 9.17) is 9.52 Å². The Morgan fingerprint density at radius 2 is 2.03 bits per heavy atom. The summed E-state index contributed by atoms with van der Waals surface area (Å²) >= 11 is 0. The van der Waals surface area contributed by atoms with Gasteiger partial charge in [0, 0.05) is 65.5 Å². The van der Waals surface area contributed by atoms with Gasteiger partial charge in [-0.15, -0.1) is 0 Å². The van der Waals surface area contributed by atoms with Crippen molar-refractivity contribution in [1.29, 1.82) is 0 Å². The third kappa shape index (κ3) is 6.19. The van der Waals surface area contributed by atoms with Gasteiger partial charge in [-0.3, -0.25) is 9.89 Å². The van der Waals surface area contributed by atoms with Crippen LogP contribution in [-0.4, -0.2) is 73.8 Å². The van der Waals surface area contributed by atoms with Crippen LogP contribution >= 0.6 is 0 Å². The van der Waals surface area contributed by atoms with Crippen molar-refractivity contribution in [3.05, 3.63) is 48.1 Å². The van der Waals surface area contributed by atoms with Gasteiger partial charge in [0.25, 0.3) is 0 Å². The third-order valence-electron chi connectivity index (χ3n) is 5.06. The molecule has 0 atom stereocenters. The zero-order valence-corrected chi connectivity index (χ0v) is 17.4. The smallest absolute Gasteiger partial charge is 0.194 e. The number of aromatic nitrogens is 1. The fourth-order valence-corrected chi connectivity index (χ4v) is 3.47. The molecule has 1 saturated heterocycles. The van der Waals surface area contributed by atoms with E-state index in [-0.39, 0.29) is 5.82 Å². The highest BCUT2D eigenvalue weighted by molar-refractivity contribution is 5.80. The van der Waals surface area contributed by atoms with E-state index in [9.17, 15) is 4.39 Å². The quantitative estimate of drug-likeness (QED) is 0.416. The lowest BCUT2D eigenvalue weighted by atomic mass is 10.2. The van der Waals surface area contributed by atoms with Crippen molar-refractivity contribution in [2.75, 3.05) is 57.8 Å². The van der Waals surface area contributed by atoms with Crippen LogP contribution in [0.1, 0.15) is 19.0 Å². The zero-order valence-electron chi connectivity index (χ0n) is 17.4. The number of guanidine groups is 1. The van der Waals surface area contributed by atoms with Crippen LogP contribution in [0.25, 0.3) is 0 Å². The topological polar surface area (TPSA) is 60.1 Å². The van der Waals surface area contributed by atoms with Crippen LogP contribution in [0.15, 0.2) is 46.1 Å². The number of anilines is 1. The monoisotopic (exact) mass is 402 g/mol. The first-order chi connectivity index (χ1) is 14.2.